The molecular weight excluding hydrogens is 470 g/mol. The van der Waals surface area contributed by atoms with Crippen LogP contribution < -0.4 is 5.32 Å². The van der Waals surface area contributed by atoms with E-state index in [0.717, 1.165) is 23.0 Å². The Balaban J connectivity index is 1.51. The monoisotopic (exact) mass is 495 g/mol. The van der Waals surface area contributed by atoms with Gasteiger partial charge in [0.05, 0.1) is 18.0 Å². The lowest BCUT2D eigenvalue weighted by Gasteiger charge is -2.35. The SMILES string of the molecule is CCC1OC(C=O)N(Cc2ccc(NC(=O)c3ccn[nH]3)cc2)N=C1c1ccc(CS(=O)O)cc1. The van der Waals surface area contributed by atoms with Crippen LogP contribution in [-0.4, -0.2) is 54.2 Å². The Hall–Kier alpha value is -3.67. The van der Waals surface area contributed by atoms with E-state index < -0.39 is 17.3 Å². The maximum atomic E-state index is 12.2. The van der Waals surface area contributed by atoms with Gasteiger partial charge < -0.3 is 14.6 Å². The lowest BCUT2D eigenvalue weighted by Crippen LogP contribution is -2.45. The van der Waals surface area contributed by atoms with Crippen LogP contribution in [0.4, 0.5) is 5.69 Å². The number of benzene rings is 2. The summed E-state index contributed by atoms with van der Waals surface area (Å²) in [5.41, 5.74) is 4.09. The molecule has 0 bridgehead atoms. The largest absolute Gasteiger partial charge is 0.340 e. The number of ether oxygens (including phenoxy) is 1. The van der Waals surface area contributed by atoms with Gasteiger partial charge in [0.15, 0.2) is 17.4 Å². The number of hydrogen-bond donors (Lipinski definition) is 3. The van der Waals surface area contributed by atoms with E-state index in [0.29, 0.717) is 30.1 Å². The molecule has 1 aromatic heterocycles. The van der Waals surface area contributed by atoms with Crippen LogP contribution in [0.3, 0.4) is 0 Å². The molecule has 2 heterocycles. The summed E-state index contributed by atoms with van der Waals surface area (Å²) in [6, 6.07) is 16.1. The zero-order valence-electron chi connectivity index (χ0n) is 19.0. The van der Waals surface area contributed by atoms with Crippen molar-refractivity contribution >= 4 is 34.7 Å². The highest BCUT2D eigenvalue weighted by molar-refractivity contribution is 7.78. The second-order valence-corrected chi connectivity index (χ2v) is 8.86. The highest BCUT2D eigenvalue weighted by Crippen LogP contribution is 2.23. The standard InChI is InChI=1S/C24H25N5O5S/c1-2-21-23(18-7-3-17(4-8-18)15-35(32)33)28-29(22(14-30)34-21)13-16-5-9-19(10-6-16)26-24(31)20-11-12-25-27-20/h3-12,14,21-22H,2,13,15H2,1H3,(H,25,27)(H,26,31)(H,32,33). The zero-order valence-corrected chi connectivity index (χ0v) is 19.8. The fourth-order valence-electron chi connectivity index (χ4n) is 3.70. The van der Waals surface area contributed by atoms with Gasteiger partial charge in [-0.3, -0.25) is 19.7 Å². The summed E-state index contributed by atoms with van der Waals surface area (Å²) < 4.78 is 26.2. The average molecular weight is 496 g/mol. The Morgan fingerprint density at radius 2 is 1.89 bits per heavy atom. The summed E-state index contributed by atoms with van der Waals surface area (Å²) in [5.74, 6) is -0.241. The number of hydrogen-bond acceptors (Lipinski definition) is 7. The topological polar surface area (TPSA) is 137 Å². The maximum Gasteiger partial charge on any atom is 0.273 e. The van der Waals surface area contributed by atoms with Crippen LogP contribution in [0.1, 0.15) is 40.5 Å². The van der Waals surface area contributed by atoms with E-state index in [-0.39, 0.29) is 17.8 Å². The highest BCUT2D eigenvalue weighted by atomic mass is 32.2. The predicted molar refractivity (Wildman–Crippen MR) is 131 cm³/mol. The summed E-state index contributed by atoms with van der Waals surface area (Å²) in [7, 11) is 0. The first kappa shape index (κ1) is 24.5. The molecule has 3 unspecified atom stereocenters. The zero-order chi connectivity index (χ0) is 24.8. The third-order valence-corrected chi connectivity index (χ3v) is 6.05. The molecule has 3 N–H and O–H groups in total. The van der Waals surface area contributed by atoms with Crippen LogP contribution in [0.2, 0.25) is 0 Å². The maximum absolute atomic E-state index is 12.2. The van der Waals surface area contributed by atoms with E-state index in [1.807, 2.05) is 31.2 Å². The summed E-state index contributed by atoms with van der Waals surface area (Å²) in [6.07, 6.45) is 1.66. The summed E-state index contributed by atoms with van der Waals surface area (Å²) in [6.45, 7) is 2.27. The Labute approximate surface area is 204 Å². The first-order chi connectivity index (χ1) is 17.0. The molecule has 1 aliphatic rings. The molecule has 2 aromatic carbocycles. The van der Waals surface area contributed by atoms with E-state index in [9.17, 15) is 13.8 Å². The molecule has 0 saturated heterocycles. The lowest BCUT2D eigenvalue weighted by atomic mass is 10.0. The van der Waals surface area contributed by atoms with Crippen molar-refractivity contribution in [3.8, 4) is 0 Å². The van der Waals surface area contributed by atoms with Crippen molar-refractivity contribution in [1.82, 2.24) is 15.2 Å². The minimum atomic E-state index is -1.91. The van der Waals surface area contributed by atoms with E-state index in [4.69, 9.17) is 14.4 Å². The number of carbonyl (C=O) groups excluding carboxylic acids is 2. The van der Waals surface area contributed by atoms with Gasteiger partial charge in [-0.05, 0) is 35.7 Å². The molecule has 1 amide bonds. The number of rotatable bonds is 9. The molecule has 11 heteroatoms. The molecule has 0 radical (unpaired) electrons. The Morgan fingerprint density at radius 1 is 1.17 bits per heavy atom. The van der Waals surface area contributed by atoms with Gasteiger partial charge in [0.1, 0.15) is 11.8 Å². The minimum Gasteiger partial charge on any atom is -0.340 e. The van der Waals surface area contributed by atoms with Gasteiger partial charge in [-0.25, -0.2) is 4.21 Å². The Morgan fingerprint density at radius 3 is 2.49 bits per heavy atom. The Kier molecular flexibility index (Phi) is 7.80. The number of nitrogens with zero attached hydrogens (tertiary/aromatic N) is 3. The van der Waals surface area contributed by atoms with Gasteiger partial charge >= 0.3 is 0 Å². The lowest BCUT2D eigenvalue weighted by molar-refractivity contribution is -0.139. The van der Waals surface area contributed by atoms with Crippen LogP contribution in [0.25, 0.3) is 0 Å². The molecule has 3 aromatic rings. The number of amides is 1. The third kappa shape index (κ3) is 6.07. The molecule has 35 heavy (non-hydrogen) atoms. The molecule has 0 saturated carbocycles. The van der Waals surface area contributed by atoms with E-state index >= 15 is 0 Å². The van der Waals surface area contributed by atoms with Crippen LogP contribution >= 0.6 is 0 Å². The number of H-pyrrole nitrogens is 1. The van der Waals surface area contributed by atoms with Crippen LogP contribution in [-0.2, 0) is 32.9 Å². The van der Waals surface area contributed by atoms with Crippen molar-refractivity contribution in [2.75, 3.05) is 5.32 Å². The fourth-order valence-corrected chi connectivity index (χ4v) is 4.18. The van der Waals surface area contributed by atoms with Crippen molar-refractivity contribution in [2.24, 2.45) is 5.10 Å². The molecule has 0 spiro atoms. The third-order valence-electron chi connectivity index (χ3n) is 5.47. The normalized spacial score (nSPS) is 18.6. The van der Waals surface area contributed by atoms with Crippen molar-refractivity contribution in [3.05, 3.63) is 83.2 Å². The second kappa shape index (κ2) is 11.2. The molecule has 0 fully saturated rings. The van der Waals surface area contributed by atoms with Gasteiger partial charge in [-0.2, -0.15) is 10.2 Å². The molecule has 182 valence electrons. The Bertz CT molecular complexity index is 1210. The van der Waals surface area contributed by atoms with Crippen molar-refractivity contribution in [2.45, 2.75) is 38.0 Å². The number of aldehydes is 1. The molecule has 4 rings (SSSR count). The molecule has 1 aliphatic heterocycles. The number of anilines is 1. The molecule has 10 nitrogen and oxygen atoms in total. The van der Waals surface area contributed by atoms with Gasteiger partial charge in [-0.1, -0.05) is 43.3 Å². The predicted octanol–water partition coefficient (Wildman–Crippen LogP) is 2.92. The molecule has 0 aliphatic carbocycles. The quantitative estimate of drug-likeness (QED) is 0.307. The van der Waals surface area contributed by atoms with E-state index in [1.165, 1.54) is 6.20 Å². The highest BCUT2D eigenvalue weighted by Gasteiger charge is 2.31. The number of aromatic nitrogens is 2. The van der Waals surface area contributed by atoms with Crippen molar-refractivity contribution in [1.29, 1.82) is 0 Å². The average Bonchev–Trinajstić information content (AvgIpc) is 3.40. The number of aromatic amines is 1. The molecule has 3 atom stereocenters. The fraction of sp³-hybridized carbons (Fsp3) is 0.250. The number of carbonyl (C=O) groups is 2. The van der Waals surface area contributed by atoms with Gasteiger partial charge in [0.2, 0.25) is 6.23 Å². The molecular formula is C24H25N5O5S. The van der Waals surface area contributed by atoms with Gasteiger partial charge in [-0.15, -0.1) is 0 Å². The summed E-state index contributed by atoms with van der Waals surface area (Å²) in [5, 5.41) is 15.5. The van der Waals surface area contributed by atoms with Gasteiger partial charge in [0.25, 0.3) is 5.91 Å². The van der Waals surface area contributed by atoms with Crippen LogP contribution in [0.15, 0.2) is 65.9 Å². The van der Waals surface area contributed by atoms with Crippen LogP contribution in [0.5, 0.6) is 0 Å². The summed E-state index contributed by atoms with van der Waals surface area (Å²) >= 11 is -1.91. The van der Waals surface area contributed by atoms with Crippen LogP contribution in [0, 0.1) is 0 Å². The minimum absolute atomic E-state index is 0.0537. The summed E-state index contributed by atoms with van der Waals surface area (Å²) in [4.78, 5) is 23.9. The number of nitrogens with one attached hydrogen (secondary N) is 2. The smallest absolute Gasteiger partial charge is 0.273 e. The van der Waals surface area contributed by atoms with E-state index in [1.54, 1.807) is 35.3 Å². The van der Waals surface area contributed by atoms with Crippen molar-refractivity contribution in [3.63, 3.8) is 0 Å². The van der Waals surface area contributed by atoms with Crippen molar-refractivity contribution < 1.29 is 23.1 Å². The second-order valence-electron chi connectivity index (χ2n) is 7.93. The first-order valence-electron chi connectivity index (χ1n) is 11.0. The van der Waals surface area contributed by atoms with Gasteiger partial charge in [0, 0.05) is 17.4 Å². The first-order valence-corrected chi connectivity index (χ1v) is 12.3. The number of hydrazone groups is 1. The van der Waals surface area contributed by atoms with E-state index in [2.05, 4.69) is 15.5 Å².